The van der Waals surface area contributed by atoms with Crippen LogP contribution in [0, 0.1) is 5.82 Å². The van der Waals surface area contributed by atoms with E-state index in [2.05, 4.69) is 15.9 Å². The van der Waals surface area contributed by atoms with Gasteiger partial charge in [-0.2, -0.15) is 0 Å². The molecule has 0 N–H and O–H groups in total. The van der Waals surface area contributed by atoms with Crippen molar-refractivity contribution >= 4 is 21.7 Å². The number of carbonyl (C=O) groups excluding carboxylic acids is 1. The summed E-state index contributed by atoms with van der Waals surface area (Å²) in [5.74, 6) is -0.493. The molecule has 0 atom stereocenters. The Morgan fingerprint density at radius 1 is 1.11 bits per heavy atom. The standard InChI is InChI=1S/C15H10BrFO2/c16-14-6-12(17)3-4-13(14)15(18)9-1-2-10-7-19-8-11(10)5-9/h1-6H,7-8H2. The number of ether oxygens (including phenoxy) is 1. The van der Waals surface area contributed by atoms with Crippen LogP contribution in [0.4, 0.5) is 4.39 Å². The second-order valence-electron chi connectivity index (χ2n) is 4.43. The predicted octanol–water partition coefficient (Wildman–Crippen LogP) is 3.85. The summed E-state index contributed by atoms with van der Waals surface area (Å²) in [7, 11) is 0. The summed E-state index contributed by atoms with van der Waals surface area (Å²) >= 11 is 3.22. The molecule has 19 heavy (non-hydrogen) atoms. The Hall–Kier alpha value is -1.52. The van der Waals surface area contributed by atoms with E-state index in [4.69, 9.17) is 4.74 Å². The number of ketones is 1. The lowest BCUT2D eigenvalue weighted by molar-refractivity contribution is 0.103. The average Bonchev–Trinajstić information content (AvgIpc) is 2.85. The van der Waals surface area contributed by atoms with E-state index in [-0.39, 0.29) is 11.6 Å². The number of hydrogen-bond acceptors (Lipinski definition) is 2. The van der Waals surface area contributed by atoms with E-state index in [0.717, 1.165) is 11.1 Å². The second kappa shape index (κ2) is 4.87. The largest absolute Gasteiger partial charge is 0.372 e. The monoisotopic (exact) mass is 320 g/mol. The Kier molecular flexibility index (Phi) is 3.21. The summed E-state index contributed by atoms with van der Waals surface area (Å²) in [5.41, 5.74) is 3.22. The van der Waals surface area contributed by atoms with Gasteiger partial charge in [0.05, 0.1) is 13.2 Å². The van der Waals surface area contributed by atoms with E-state index < -0.39 is 0 Å². The lowest BCUT2D eigenvalue weighted by atomic mass is 9.99. The molecule has 0 spiro atoms. The zero-order chi connectivity index (χ0) is 13.4. The van der Waals surface area contributed by atoms with Gasteiger partial charge < -0.3 is 4.74 Å². The zero-order valence-corrected chi connectivity index (χ0v) is 11.5. The predicted molar refractivity (Wildman–Crippen MR) is 72.5 cm³/mol. The molecule has 0 saturated carbocycles. The maximum atomic E-state index is 13.0. The molecule has 1 aliphatic rings. The molecule has 96 valence electrons. The van der Waals surface area contributed by atoms with E-state index in [0.29, 0.717) is 28.8 Å². The quantitative estimate of drug-likeness (QED) is 0.786. The minimum atomic E-state index is -0.370. The van der Waals surface area contributed by atoms with Crippen molar-refractivity contribution in [2.45, 2.75) is 13.2 Å². The number of carbonyl (C=O) groups is 1. The fourth-order valence-corrected chi connectivity index (χ4v) is 2.67. The SMILES string of the molecule is O=C(c1ccc2c(c1)COC2)c1ccc(F)cc1Br. The third-order valence-corrected chi connectivity index (χ3v) is 3.82. The highest BCUT2D eigenvalue weighted by Crippen LogP contribution is 2.25. The van der Waals surface area contributed by atoms with E-state index in [1.807, 2.05) is 12.1 Å². The molecule has 0 radical (unpaired) electrons. The molecule has 0 saturated heterocycles. The van der Waals surface area contributed by atoms with Gasteiger partial charge in [0.15, 0.2) is 5.78 Å². The Morgan fingerprint density at radius 3 is 2.68 bits per heavy atom. The van der Waals surface area contributed by atoms with Gasteiger partial charge in [0.25, 0.3) is 0 Å². The van der Waals surface area contributed by atoms with Gasteiger partial charge in [-0.15, -0.1) is 0 Å². The number of fused-ring (bicyclic) bond motifs is 1. The van der Waals surface area contributed by atoms with Crippen molar-refractivity contribution < 1.29 is 13.9 Å². The molecule has 3 rings (SSSR count). The maximum Gasteiger partial charge on any atom is 0.194 e. The molecule has 2 aromatic carbocycles. The van der Waals surface area contributed by atoms with Crippen molar-refractivity contribution in [1.29, 1.82) is 0 Å². The smallest absolute Gasteiger partial charge is 0.194 e. The normalized spacial score (nSPS) is 13.4. The van der Waals surface area contributed by atoms with Crippen LogP contribution in [-0.4, -0.2) is 5.78 Å². The molecule has 0 aromatic heterocycles. The van der Waals surface area contributed by atoms with E-state index in [1.165, 1.54) is 18.2 Å². The highest BCUT2D eigenvalue weighted by Gasteiger charge is 2.17. The summed E-state index contributed by atoms with van der Waals surface area (Å²) in [6, 6.07) is 9.61. The first-order chi connectivity index (χ1) is 9.15. The molecule has 2 aromatic rings. The third-order valence-electron chi connectivity index (χ3n) is 3.16. The van der Waals surface area contributed by atoms with Gasteiger partial charge in [0, 0.05) is 15.6 Å². The molecule has 2 nitrogen and oxygen atoms in total. The summed E-state index contributed by atoms with van der Waals surface area (Å²) < 4.78 is 18.8. The summed E-state index contributed by atoms with van der Waals surface area (Å²) in [6.45, 7) is 1.14. The van der Waals surface area contributed by atoms with Crippen LogP contribution in [0.1, 0.15) is 27.0 Å². The maximum absolute atomic E-state index is 13.0. The van der Waals surface area contributed by atoms with Crippen LogP contribution in [0.3, 0.4) is 0 Å². The van der Waals surface area contributed by atoms with Gasteiger partial charge in [-0.3, -0.25) is 4.79 Å². The lowest BCUT2D eigenvalue weighted by Gasteiger charge is -2.05. The van der Waals surface area contributed by atoms with Crippen LogP contribution in [0.15, 0.2) is 40.9 Å². The van der Waals surface area contributed by atoms with Crippen molar-refractivity contribution in [3.05, 3.63) is 68.9 Å². The Balaban J connectivity index is 2.00. The number of hydrogen-bond donors (Lipinski definition) is 0. The lowest BCUT2D eigenvalue weighted by Crippen LogP contribution is -2.03. The minimum absolute atomic E-state index is 0.124. The molecule has 0 unspecified atom stereocenters. The Labute approximate surface area is 118 Å². The first-order valence-electron chi connectivity index (χ1n) is 5.84. The second-order valence-corrected chi connectivity index (χ2v) is 5.28. The Bertz CT molecular complexity index is 667. The molecule has 0 amide bonds. The molecule has 0 fully saturated rings. The number of rotatable bonds is 2. The number of benzene rings is 2. The average molecular weight is 321 g/mol. The molecule has 0 aliphatic carbocycles. The van der Waals surface area contributed by atoms with Gasteiger partial charge >= 0.3 is 0 Å². The summed E-state index contributed by atoms with van der Waals surface area (Å²) in [6.07, 6.45) is 0. The fourth-order valence-electron chi connectivity index (χ4n) is 2.14. The van der Waals surface area contributed by atoms with Gasteiger partial charge in [0.2, 0.25) is 0 Å². The minimum Gasteiger partial charge on any atom is -0.372 e. The van der Waals surface area contributed by atoms with E-state index in [1.54, 1.807) is 6.07 Å². The summed E-state index contributed by atoms with van der Waals surface area (Å²) in [5, 5.41) is 0. The molecule has 1 aliphatic heterocycles. The van der Waals surface area contributed by atoms with Gasteiger partial charge in [-0.05, 0) is 51.3 Å². The van der Waals surface area contributed by atoms with Crippen molar-refractivity contribution in [3.63, 3.8) is 0 Å². The Morgan fingerprint density at radius 2 is 1.89 bits per heavy atom. The first kappa shape index (κ1) is 12.5. The molecular formula is C15H10BrFO2. The van der Waals surface area contributed by atoms with Crippen molar-refractivity contribution in [1.82, 2.24) is 0 Å². The van der Waals surface area contributed by atoms with Crippen LogP contribution in [0.2, 0.25) is 0 Å². The number of halogens is 2. The van der Waals surface area contributed by atoms with Gasteiger partial charge in [-0.25, -0.2) is 4.39 Å². The zero-order valence-electron chi connectivity index (χ0n) is 9.95. The third kappa shape index (κ3) is 2.33. The molecule has 4 heteroatoms. The van der Waals surface area contributed by atoms with Crippen LogP contribution in [0.5, 0.6) is 0 Å². The highest BCUT2D eigenvalue weighted by atomic mass is 79.9. The van der Waals surface area contributed by atoms with Crippen molar-refractivity contribution in [2.24, 2.45) is 0 Å². The van der Waals surface area contributed by atoms with E-state index >= 15 is 0 Å². The van der Waals surface area contributed by atoms with Crippen molar-refractivity contribution in [3.8, 4) is 0 Å². The summed E-state index contributed by atoms with van der Waals surface area (Å²) in [4.78, 5) is 12.4. The van der Waals surface area contributed by atoms with Crippen LogP contribution in [0.25, 0.3) is 0 Å². The van der Waals surface area contributed by atoms with Gasteiger partial charge in [0.1, 0.15) is 5.82 Å². The van der Waals surface area contributed by atoms with Crippen LogP contribution >= 0.6 is 15.9 Å². The topological polar surface area (TPSA) is 26.3 Å². The highest BCUT2D eigenvalue weighted by molar-refractivity contribution is 9.10. The molecular weight excluding hydrogens is 311 g/mol. The van der Waals surface area contributed by atoms with Crippen molar-refractivity contribution in [2.75, 3.05) is 0 Å². The van der Waals surface area contributed by atoms with E-state index in [9.17, 15) is 9.18 Å². The van der Waals surface area contributed by atoms with Crippen LogP contribution in [-0.2, 0) is 18.0 Å². The van der Waals surface area contributed by atoms with Gasteiger partial charge in [-0.1, -0.05) is 12.1 Å². The van der Waals surface area contributed by atoms with Crippen LogP contribution < -0.4 is 0 Å². The first-order valence-corrected chi connectivity index (χ1v) is 6.64. The molecule has 1 heterocycles. The molecule has 0 bridgehead atoms. The fraction of sp³-hybridized carbons (Fsp3) is 0.133.